The number of nitrogens with zero attached hydrogens (tertiary/aromatic N) is 3. The first-order valence-corrected chi connectivity index (χ1v) is 11.8. The van der Waals surface area contributed by atoms with Gasteiger partial charge in [-0.15, -0.1) is 0 Å². The molecule has 3 heterocycles. The number of carbonyl (C=O) groups excluding carboxylic acids is 1. The molecule has 1 saturated heterocycles. The highest BCUT2D eigenvalue weighted by atomic mass is 16.1. The predicted octanol–water partition coefficient (Wildman–Crippen LogP) is 4.29. The average Bonchev–Trinajstić information content (AvgIpc) is 3.24. The third kappa shape index (κ3) is 4.17. The smallest absolute Gasteiger partial charge is 0.248 e. The highest BCUT2D eigenvalue weighted by molar-refractivity contribution is 5.94. The normalized spacial score (nSPS) is 14.6. The van der Waals surface area contributed by atoms with Crippen LogP contribution in [0.15, 0.2) is 54.9 Å². The number of primary amides is 1. The number of carbonyl (C=O) groups is 1. The maximum atomic E-state index is 11.7. The van der Waals surface area contributed by atoms with Crippen LogP contribution < -0.4 is 10.6 Å². The number of fused-ring (bicyclic) bond motifs is 1. The summed E-state index contributed by atoms with van der Waals surface area (Å²) >= 11 is 0. The molecule has 0 aliphatic carbocycles. The van der Waals surface area contributed by atoms with Crippen molar-refractivity contribution in [1.82, 2.24) is 14.9 Å². The monoisotopic (exact) mass is 453 g/mol. The molecule has 0 radical (unpaired) electrons. The molecule has 1 aliphatic heterocycles. The molecule has 6 nitrogen and oxygen atoms in total. The highest BCUT2D eigenvalue weighted by Gasteiger charge is 2.15. The molecule has 0 unspecified atom stereocenters. The van der Waals surface area contributed by atoms with Gasteiger partial charge in [0.1, 0.15) is 5.65 Å². The van der Waals surface area contributed by atoms with Crippen molar-refractivity contribution in [3.63, 3.8) is 0 Å². The van der Waals surface area contributed by atoms with E-state index in [2.05, 4.69) is 64.1 Å². The van der Waals surface area contributed by atoms with Gasteiger partial charge in [-0.05, 0) is 79.4 Å². The van der Waals surface area contributed by atoms with Gasteiger partial charge in [0, 0.05) is 60.8 Å². The molecule has 34 heavy (non-hydrogen) atoms. The Labute approximate surface area is 200 Å². The minimum absolute atomic E-state index is 0.383. The molecule has 1 aliphatic rings. The van der Waals surface area contributed by atoms with Gasteiger partial charge in [0.05, 0.1) is 0 Å². The zero-order chi connectivity index (χ0) is 23.8. The fourth-order valence-corrected chi connectivity index (χ4v) is 4.83. The van der Waals surface area contributed by atoms with Gasteiger partial charge in [-0.2, -0.15) is 0 Å². The van der Waals surface area contributed by atoms with E-state index in [-0.39, 0.29) is 5.91 Å². The lowest BCUT2D eigenvalue weighted by molar-refractivity contribution is 0.0999. The van der Waals surface area contributed by atoms with Crippen molar-refractivity contribution in [1.29, 1.82) is 0 Å². The second-order valence-electron chi connectivity index (χ2n) is 9.33. The fourth-order valence-electron chi connectivity index (χ4n) is 4.83. The summed E-state index contributed by atoms with van der Waals surface area (Å²) in [4.78, 5) is 24.5. The number of hydrogen-bond donors (Lipinski definition) is 2. The molecular formula is C28H31N5O. The van der Waals surface area contributed by atoms with E-state index >= 15 is 0 Å². The zero-order valence-corrected chi connectivity index (χ0v) is 20.1. The van der Waals surface area contributed by atoms with Gasteiger partial charge in [-0.25, -0.2) is 4.98 Å². The second-order valence-corrected chi connectivity index (χ2v) is 9.33. The lowest BCUT2D eigenvalue weighted by Gasteiger charge is -2.34. The number of nitrogens with one attached hydrogen (secondary N) is 1. The van der Waals surface area contributed by atoms with Gasteiger partial charge >= 0.3 is 0 Å². The van der Waals surface area contributed by atoms with Crippen molar-refractivity contribution in [2.45, 2.75) is 20.3 Å². The summed E-state index contributed by atoms with van der Waals surface area (Å²) in [6.45, 7) is 8.34. The number of anilines is 1. The van der Waals surface area contributed by atoms with Crippen LogP contribution in [0.1, 0.15) is 32.6 Å². The number of aromatic amines is 1. The van der Waals surface area contributed by atoms with E-state index in [1.54, 1.807) is 0 Å². The maximum Gasteiger partial charge on any atom is 0.248 e. The number of H-pyrrole nitrogens is 1. The van der Waals surface area contributed by atoms with Crippen molar-refractivity contribution in [3.8, 4) is 11.1 Å². The first-order chi connectivity index (χ1) is 16.4. The molecule has 0 saturated carbocycles. The number of piperazine rings is 1. The summed E-state index contributed by atoms with van der Waals surface area (Å²) in [5.41, 5.74) is 15.0. The Kier molecular flexibility index (Phi) is 5.84. The second kappa shape index (κ2) is 8.95. The molecule has 2 aromatic carbocycles. The summed E-state index contributed by atoms with van der Waals surface area (Å²) in [6, 6.07) is 14.9. The van der Waals surface area contributed by atoms with Crippen LogP contribution in [-0.4, -0.2) is 54.0 Å². The zero-order valence-electron chi connectivity index (χ0n) is 20.1. The van der Waals surface area contributed by atoms with E-state index in [4.69, 9.17) is 5.73 Å². The molecule has 4 aromatic rings. The van der Waals surface area contributed by atoms with Crippen LogP contribution >= 0.6 is 0 Å². The molecule has 1 amide bonds. The number of hydrogen-bond acceptors (Lipinski definition) is 4. The standard InChI is InChI=1S/C28H31N5O/c1-18-19(2)25(27(29)34)9-6-21(18)14-23-17-31-28-26(23)15-22(16-30-28)20-4-7-24(8-5-20)33-12-10-32(3)11-13-33/h4-9,15-17H,10-14H2,1-3H3,(H2,29,34)(H,30,31). The molecule has 6 heteroatoms. The van der Waals surface area contributed by atoms with Gasteiger partial charge in [-0.3, -0.25) is 4.79 Å². The van der Waals surface area contributed by atoms with E-state index in [9.17, 15) is 4.79 Å². The summed E-state index contributed by atoms with van der Waals surface area (Å²) in [6.07, 6.45) is 4.73. The van der Waals surface area contributed by atoms with Crippen molar-refractivity contribution >= 4 is 22.6 Å². The molecule has 174 valence electrons. The first kappa shape index (κ1) is 22.2. The maximum absolute atomic E-state index is 11.7. The van der Waals surface area contributed by atoms with Crippen LogP contribution in [0, 0.1) is 13.8 Å². The SMILES string of the molecule is Cc1c(Cc2c[nH]c3ncc(-c4ccc(N5CCN(C)CC5)cc4)cc23)ccc(C(N)=O)c1C. The number of likely N-dealkylation sites (N-methyl/N-ethyl adjacent to an activating group) is 1. The Morgan fingerprint density at radius 3 is 2.41 bits per heavy atom. The molecule has 0 spiro atoms. The molecule has 5 rings (SSSR count). The van der Waals surface area contributed by atoms with Crippen molar-refractivity contribution in [2.75, 3.05) is 38.1 Å². The topological polar surface area (TPSA) is 78.2 Å². The number of benzene rings is 2. The van der Waals surface area contributed by atoms with Crippen LogP contribution in [0.25, 0.3) is 22.2 Å². The van der Waals surface area contributed by atoms with Crippen molar-refractivity contribution in [3.05, 3.63) is 82.7 Å². The van der Waals surface area contributed by atoms with E-state index in [0.29, 0.717) is 5.56 Å². The minimum atomic E-state index is -0.383. The molecule has 3 N–H and O–H groups in total. The van der Waals surface area contributed by atoms with Crippen LogP contribution in [0.2, 0.25) is 0 Å². The quantitative estimate of drug-likeness (QED) is 0.473. The Balaban J connectivity index is 1.41. The van der Waals surface area contributed by atoms with E-state index in [1.165, 1.54) is 16.8 Å². The largest absolute Gasteiger partial charge is 0.369 e. The van der Waals surface area contributed by atoms with Crippen LogP contribution in [0.5, 0.6) is 0 Å². The van der Waals surface area contributed by atoms with Crippen LogP contribution in [-0.2, 0) is 6.42 Å². The Hall–Kier alpha value is -3.64. The van der Waals surface area contributed by atoms with Crippen LogP contribution in [0.3, 0.4) is 0 Å². The number of rotatable bonds is 5. The van der Waals surface area contributed by atoms with E-state index < -0.39 is 0 Å². The molecule has 1 fully saturated rings. The third-order valence-electron chi connectivity index (χ3n) is 7.23. The van der Waals surface area contributed by atoms with Crippen LogP contribution in [0.4, 0.5) is 5.69 Å². The lowest BCUT2D eigenvalue weighted by Crippen LogP contribution is -2.44. The number of aromatic nitrogens is 2. The number of amides is 1. The molecular weight excluding hydrogens is 422 g/mol. The summed E-state index contributed by atoms with van der Waals surface area (Å²) in [5, 5.41) is 1.12. The van der Waals surface area contributed by atoms with Crippen molar-refractivity contribution < 1.29 is 4.79 Å². The van der Waals surface area contributed by atoms with E-state index in [1.807, 2.05) is 31.5 Å². The fraction of sp³-hybridized carbons (Fsp3) is 0.286. The average molecular weight is 454 g/mol. The first-order valence-electron chi connectivity index (χ1n) is 11.8. The predicted molar refractivity (Wildman–Crippen MR) is 138 cm³/mol. The molecule has 0 atom stereocenters. The van der Waals surface area contributed by atoms with E-state index in [0.717, 1.165) is 65.9 Å². The third-order valence-corrected chi connectivity index (χ3v) is 7.23. The summed E-state index contributed by atoms with van der Waals surface area (Å²) < 4.78 is 0. The van der Waals surface area contributed by atoms with Gasteiger partial charge in [0.25, 0.3) is 0 Å². The number of pyridine rings is 1. The summed E-state index contributed by atoms with van der Waals surface area (Å²) in [7, 11) is 2.18. The Morgan fingerprint density at radius 2 is 1.71 bits per heavy atom. The lowest BCUT2D eigenvalue weighted by atomic mass is 9.93. The number of nitrogens with two attached hydrogens (primary N) is 1. The van der Waals surface area contributed by atoms with Gasteiger partial charge in [0.15, 0.2) is 0 Å². The van der Waals surface area contributed by atoms with Gasteiger partial charge in [0.2, 0.25) is 5.91 Å². The Morgan fingerprint density at radius 1 is 0.971 bits per heavy atom. The minimum Gasteiger partial charge on any atom is -0.369 e. The Bertz CT molecular complexity index is 1350. The molecule has 0 bridgehead atoms. The molecule has 2 aromatic heterocycles. The van der Waals surface area contributed by atoms with Gasteiger partial charge in [-0.1, -0.05) is 18.2 Å². The van der Waals surface area contributed by atoms with Crippen molar-refractivity contribution in [2.24, 2.45) is 5.73 Å². The highest BCUT2D eigenvalue weighted by Crippen LogP contribution is 2.29. The van der Waals surface area contributed by atoms with Gasteiger partial charge < -0.3 is 20.5 Å². The summed E-state index contributed by atoms with van der Waals surface area (Å²) in [5.74, 6) is -0.383.